The molecule has 1 aliphatic rings. The summed E-state index contributed by atoms with van der Waals surface area (Å²) >= 11 is 5.93. The van der Waals surface area contributed by atoms with Crippen molar-refractivity contribution in [1.82, 2.24) is 0 Å². The molecule has 0 fully saturated rings. The third kappa shape index (κ3) is 2.40. The topological polar surface area (TPSA) is 58.6 Å². The number of methoxy groups -OCH3 is 1. The zero-order valence-corrected chi connectivity index (χ0v) is 13.0. The molecule has 2 N–H and O–H groups in total. The highest BCUT2D eigenvalue weighted by Gasteiger charge is 2.49. The van der Waals surface area contributed by atoms with Gasteiger partial charge in [0.2, 0.25) is 0 Å². The van der Waals surface area contributed by atoms with Crippen LogP contribution in [0.3, 0.4) is 0 Å². The molecule has 1 aliphatic heterocycles. The number of nitrogens with one attached hydrogen (secondary N) is 1. The molecule has 3 rings (SSSR count). The van der Waals surface area contributed by atoms with Crippen molar-refractivity contribution in [3.63, 3.8) is 0 Å². The molecule has 126 valence electrons. The maximum absolute atomic E-state index is 12.8. The van der Waals surface area contributed by atoms with E-state index in [-0.39, 0.29) is 27.6 Å². The SMILES string of the molecule is COc1ccc(Cl)cc1[C@@]1(O)C(=O)Nc2cc(C(F)(F)F)ccc21. The van der Waals surface area contributed by atoms with Crippen molar-refractivity contribution in [1.29, 1.82) is 0 Å². The lowest BCUT2D eigenvalue weighted by molar-refractivity contribution is -0.137. The summed E-state index contributed by atoms with van der Waals surface area (Å²) in [5.41, 5.74) is -3.19. The second kappa shape index (κ2) is 5.39. The van der Waals surface area contributed by atoms with E-state index in [2.05, 4.69) is 5.32 Å². The van der Waals surface area contributed by atoms with Gasteiger partial charge in [0, 0.05) is 21.8 Å². The van der Waals surface area contributed by atoms with Crippen LogP contribution in [0.1, 0.15) is 16.7 Å². The molecule has 24 heavy (non-hydrogen) atoms. The summed E-state index contributed by atoms with van der Waals surface area (Å²) in [6.45, 7) is 0. The van der Waals surface area contributed by atoms with Crippen LogP contribution in [0.4, 0.5) is 18.9 Å². The van der Waals surface area contributed by atoms with Crippen molar-refractivity contribution in [2.75, 3.05) is 12.4 Å². The molecule has 1 atom stereocenters. The minimum Gasteiger partial charge on any atom is -0.496 e. The third-order valence-corrected chi connectivity index (χ3v) is 4.10. The van der Waals surface area contributed by atoms with Crippen LogP contribution < -0.4 is 10.1 Å². The Labute approximate surface area is 139 Å². The van der Waals surface area contributed by atoms with Crippen LogP contribution in [0, 0.1) is 0 Å². The predicted molar refractivity (Wildman–Crippen MR) is 81.1 cm³/mol. The normalized spacial score (nSPS) is 19.8. The number of fused-ring (bicyclic) bond motifs is 1. The van der Waals surface area contributed by atoms with Crippen LogP contribution in [0.5, 0.6) is 5.75 Å². The summed E-state index contributed by atoms with van der Waals surface area (Å²) in [5, 5.41) is 13.5. The van der Waals surface area contributed by atoms with Crippen LogP contribution in [0.15, 0.2) is 36.4 Å². The quantitative estimate of drug-likeness (QED) is 0.864. The van der Waals surface area contributed by atoms with Crippen LogP contribution >= 0.6 is 11.6 Å². The van der Waals surface area contributed by atoms with Crippen LogP contribution in [-0.2, 0) is 16.6 Å². The Balaban J connectivity index is 2.21. The summed E-state index contributed by atoms with van der Waals surface area (Å²) in [6.07, 6.45) is -4.56. The van der Waals surface area contributed by atoms with E-state index in [9.17, 15) is 23.1 Å². The van der Waals surface area contributed by atoms with Gasteiger partial charge in [0.1, 0.15) is 5.75 Å². The van der Waals surface area contributed by atoms with E-state index in [0.717, 1.165) is 18.2 Å². The zero-order valence-electron chi connectivity index (χ0n) is 12.2. The Morgan fingerprint density at radius 3 is 2.50 bits per heavy atom. The maximum Gasteiger partial charge on any atom is 0.416 e. The van der Waals surface area contributed by atoms with Crippen molar-refractivity contribution in [2.45, 2.75) is 11.8 Å². The molecule has 4 nitrogen and oxygen atoms in total. The van der Waals surface area contributed by atoms with Gasteiger partial charge in [-0.15, -0.1) is 0 Å². The minimum atomic E-state index is -4.56. The molecule has 8 heteroatoms. The summed E-state index contributed by atoms with van der Waals surface area (Å²) in [5.74, 6) is -0.692. The number of aliphatic hydroxyl groups is 1. The first kappa shape index (κ1) is 16.6. The fourth-order valence-electron chi connectivity index (χ4n) is 2.70. The third-order valence-electron chi connectivity index (χ3n) is 3.86. The predicted octanol–water partition coefficient (Wildman–Crippen LogP) is 3.56. The Bertz CT molecular complexity index is 838. The molecule has 1 heterocycles. The van der Waals surface area contributed by atoms with Crippen molar-refractivity contribution < 1.29 is 27.8 Å². The van der Waals surface area contributed by atoms with Gasteiger partial charge in [-0.2, -0.15) is 13.2 Å². The van der Waals surface area contributed by atoms with E-state index < -0.39 is 23.2 Å². The molecular formula is C16H11ClF3NO3. The Hall–Kier alpha value is -2.25. The van der Waals surface area contributed by atoms with Gasteiger partial charge >= 0.3 is 6.18 Å². The summed E-state index contributed by atoms with van der Waals surface area (Å²) in [7, 11) is 1.34. The van der Waals surface area contributed by atoms with Gasteiger partial charge in [0.05, 0.1) is 12.7 Å². The number of amides is 1. The Kier molecular flexibility index (Phi) is 3.73. The second-order valence-electron chi connectivity index (χ2n) is 5.27. The lowest BCUT2D eigenvalue weighted by Gasteiger charge is -2.24. The van der Waals surface area contributed by atoms with Gasteiger partial charge in [0.15, 0.2) is 5.60 Å². The molecule has 0 saturated carbocycles. The standard InChI is InChI=1S/C16H11ClF3NO3/c1-24-13-5-3-9(17)7-11(13)15(23)10-4-2-8(16(18,19)20)6-12(10)21-14(15)22/h2-7,23H,1H3,(H,21,22)/t15-/m1/s1. The number of ether oxygens (including phenoxy) is 1. The molecular weight excluding hydrogens is 347 g/mol. The van der Waals surface area contributed by atoms with E-state index in [4.69, 9.17) is 16.3 Å². The minimum absolute atomic E-state index is 0.000988. The van der Waals surface area contributed by atoms with E-state index in [1.54, 1.807) is 0 Å². The smallest absolute Gasteiger partial charge is 0.416 e. The molecule has 0 bridgehead atoms. The molecule has 1 amide bonds. The number of alkyl halides is 3. The largest absolute Gasteiger partial charge is 0.496 e. The van der Waals surface area contributed by atoms with Crippen molar-refractivity contribution >= 4 is 23.2 Å². The van der Waals surface area contributed by atoms with Gasteiger partial charge in [-0.25, -0.2) is 0 Å². The van der Waals surface area contributed by atoms with Crippen molar-refractivity contribution in [3.05, 3.63) is 58.1 Å². The second-order valence-corrected chi connectivity index (χ2v) is 5.70. The summed E-state index contributed by atoms with van der Waals surface area (Å²) in [4.78, 5) is 12.4. The highest BCUT2D eigenvalue weighted by Crippen LogP contribution is 2.46. The molecule has 0 unspecified atom stereocenters. The average molecular weight is 358 g/mol. The van der Waals surface area contributed by atoms with Crippen LogP contribution in [-0.4, -0.2) is 18.1 Å². The van der Waals surface area contributed by atoms with Gasteiger partial charge in [0.25, 0.3) is 5.91 Å². The number of benzene rings is 2. The molecule has 2 aromatic carbocycles. The monoisotopic (exact) mass is 357 g/mol. The first-order valence-electron chi connectivity index (χ1n) is 6.77. The lowest BCUT2D eigenvalue weighted by atomic mass is 9.86. The van der Waals surface area contributed by atoms with Crippen molar-refractivity contribution in [2.24, 2.45) is 0 Å². The average Bonchev–Trinajstić information content (AvgIpc) is 2.78. The summed E-state index contributed by atoms with van der Waals surface area (Å²) in [6, 6.07) is 6.96. The number of hydrogen-bond acceptors (Lipinski definition) is 3. The highest BCUT2D eigenvalue weighted by atomic mass is 35.5. The lowest BCUT2D eigenvalue weighted by Crippen LogP contribution is -2.35. The van der Waals surface area contributed by atoms with Gasteiger partial charge < -0.3 is 15.2 Å². The zero-order chi connectivity index (χ0) is 17.7. The molecule has 2 aromatic rings. The van der Waals surface area contributed by atoms with E-state index in [1.165, 1.54) is 25.3 Å². The molecule has 0 aliphatic carbocycles. The number of anilines is 1. The first-order valence-corrected chi connectivity index (χ1v) is 7.15. The first-order chi connectivity index (χ1) is 11.2. The summed E-state index contributed by atoms with van der Waals surface area (Å²) < 4.78 is 43.6. The van der Waals surface area contributed by atoms with E-state index in [1.807, 2.05) is 0 Å². The number of halogens is 4. The van der Waals surface area contributed by atoms with Gasteiger partial charge in [-0.3, -0.25) is 4.79 Å². The van der Waals surface area contributed by atoms with Crippen LogP contribution in [0.25, 0.3) is 0 Å². The number of carbonyl (C=O) groups is 1. The van der Waals surface area contributed by atoms with E-state index in [0.29, 0.717) is 0 Å². The molecule has 0 spiro atoms. The van der Waals surface area contributed by atoms with Crippen LogP contribution in [0.2, 0.25) is 5.02 Å². The molecule has 0 saturated heterocycles. The molecule has 0 aromatic heterocycles. The number of hydrogen-bond donors (Lipinski definition) is 2. The van der Waals surface area contributed by atoms with E-state index >= 15 is 0 Å². The Morgan fingerprint density at radius 2 is 1.88 bits per heavy atom. The maximum atomic E-state index is 12.8. The van der Waals surface area contributed by atoms with Gasteiger partial charge in [-0.1, -0.05) is 17.7 Å². The molecule has 0 radical (unpaired) electrons. The Morgan fingerprint density at radius 1 is 1.17 bits per heavy atom. The number of carbonyl (C=O) groups excluding carboxylic acids is 1. The number of rotatable bonds is 2. The van der Waals surface area contributed by atoms with Gasteiger partial charge in [-0.05, 0) is 30.3 Å². The fourth-order valence-corrected chi connectivity index (χ4v) is 2.88. The highest BCUT2D eigenvalue weighted by molar-refractivity contribution is 6.30. The fraction of sp³-hybridized carbons (Fsp3) is 0.188. The van der Waals surface area contributed by atoms with Crippen molar-refractivity contribution in [3.8, 4) is 5.75 Å².